The lowest BCUT2D eigenvalue weighted by molar-refractivity contribution is -0.138. The fraction of sp³-hybridized carbons (Fsp3) is 0.452. The van der Waals surface area contributed by atoms with Gasteiger partial charge in [-0.2, -0.15) is 18.4 Å². The van der Waals surface area contributed by atoms with Crippen molar-refractivity contribution in [3.05, 3.63) is 77.1 Å². The second-order valence-electron chi connectivity index (χ2n) is 16.1. The number of rotatable bonds is 12. The maximum Gasteiger partial charge on any atom is 0.417 e. The molecule has 2 atom stereocenters. The van der Waals surface area contributed by atoms with Crippen LogP contribution < -0.4 is 30.5 Å². The van der Waals surface area contributed by atoms with Crippen LogP contribution in [0.2, 0.25) is 0 Å². The van der Waals surface area contributed by atoms with Gasteiger partial charge in [-0.15, -0.1) is 12.6 Å². The van der Waals surface area contributed by atoms with Crippen molar-refractivity contribution in [3.8, 4) is 11.8 Å². The van der Waals surface area contributed by atoms with Gasteiger partial charge in [0, 0.05) is 60.9 Å². The Bertz CT molecular complexity index is 2250. The van der Waals surface area contributed by atoms with Gasteiger partial charge in [0.25, 0.3) is 5.91 Å². The molecule has 3 N–H and O–H groups in total. The SMILES string of the molecule is CCc1cc(N2C(S)N(c3ccc(C#N)c(C(F)(F)F)c3)C(=O)C2(C)C)ccc1OCCN1CCN(CC(=O)Nc2cc(F)cc(NC3CCC(=O)NC3=O)c2)C2(CC2)C1. The number of nitrogens with one attached hydrogen (secondary N) is 3. The van der Waals surface area contributed by atoms with E-state index in [4.69, 9.17) is 17.4 Å². The van der Waals surface area contributed by atoms with E-state index in [1.165, 1.54) is 23.1 Å². The monoisotopic (exact) mass is 850 g/mol. The van der Waals surface area contributed by atoms with E-state index < -0.39 is 52.0 Å². The zero-order valence-corrected chi connectivity index (χ0v) is 34.3. The fourth-order valence-corrected chi connectivity index (χ4v) is 9.01. The van der Waals surface area contributed by atoms with E-state index in [1.807, 2.05) is 19.1 Å². The van der Waals surface area contributed by atoms with Crippen LogP contribution in [0, 0.1) is 17.1 Å². The Hall–Kier alpha value is -5.38. The number of nitriles is 1. The lowest BCUT2D eigenvalue weighted by Crippen LogP contribution is -2.57. The van der Waals surface area contributed by atoms with E-state index >= 15 is 0 Å². The van der Waals surface area contributed by atoms with Gasteiger partial charge in [-0.05, 0) is 99.7 Å². The Morgan fingerprint density at radius 2 is 1.77 bits per heavy atom. The fourth-order valence-electron chi connectivity index (χ4n) is 8.35. The number of alkyl halides is 3. The third kappa shape index (κ3) is 8.75. The maximum absolute atomic E-state index is 14.5. The molecule has 7 rings (SSSR count). The smallest absolute Gasteiger partial charge is 0.417 e. The summed E-state index contributed by atoms with van der Waals surface area (Å²) < 4.78 is 62.2. The van der Waals surface area contributed by atoms with Gasteiger partial charge in [0.05, 0.1) is 23.7 Å². The molecule has 4 amide bonds. The lowest BCUT2D eigenvalue weighted by atomic mass is 10.0. The highest BCUT2D eigenvalue weighted by Crippen LogP contribution is 2.45. The highest BCUT2D eigenvalue weighted by Gasteiger charge is 2.53. The van der Waals surface area contributed by atoms with Crippen LogP contribution in [0.5, 0.6) is 5.75 Å². The van der Waals surface area contributed by atoms with Gasteiger partial charge in [-0.3, -0.25) is 39.2 Å². The highest BCUT2D eigenvalue weighted by molar-refractivity contribution is 7.81. The number of carbonyl (C=O) groups is 4. The number of piperazine rings is 1. The summed E-state index contributed by atoms with van der Waals surface area (Å²) >= 11 is 4.72. The minimum atomic E-state index is -4.79. The molecule has 0 bridgehead atoms. The number of carbonyl (C=O) groups excluding carboxylic acids is 4. The number of hydrogen-bond donors (Lipinski definition) is 4. The Morgan fingerprint density at radius 3 is 2.45 bits per heavy atom. The normalized spacial score (nSPS) is 21.5. The maximum atomic E-state index is 14.5. The lowest BCUT2D eigenvalue weighted by Gasteiger charge is -2.41. The Labute approximate surface area is 350 Å². The molecule has 318 valence electrons. The third-order valence-corrected chi connectivity index (χ3v) is 12.1. The van der Waals surface area contributed by atoms with Gasteiger partial charge in [-0.1, -0.05) is 6.92 Å². The van der Waals surface area contributed by atoms with Crippen LogP contribution in [0.4, 0.5) is 40.3 Å². The molecule has 60 heavy (non-hydrogen) atoms. The zero-order chi connectivity index (χ0) is 43.1. The minimum absolute atomic E-state index is 0.0183. The van der Waals surface area contributed by atoms with E-state index in [2.05, 4.69) is 25.8 Å². The summed E-state index contributed by atoms with van der Waals surface area (Å²) in [5.41, 5.74) is -1.85. The quantitative estimate of drug-likeness (QED) is 0.105. The minimum Gasteiger partial charge on any atom is -0.492 e. The first-order chi connectivity index (χ1) is 28.4. The molecule has 0 radical (unpaired) electrons. The third-order valence-electron chi connectivity index (χ3n) is 11.7. The van der Waals surface area contributed by atoms with Gasteiger partial charge in [0.15, 0.2) is 5.50 Å². The predicted octanol–water partition coefficient (Wildman–Crippen LogP) is 5.51. The number of aryl methyl sites for hydroxylation is 1. The molecule has 4 aliphatic rings. The van der Waals surface area contributed by atoms with Crippen molar-refractivity contribution in [3.63, 3.8) is 0 Å². The molecule has 1 saturated carbocycles. The standard InChI is InChI=1S/C42H46F4N8O5S/c1-4-25-17-31(54-39(60)53(38(58)40(54,2)3)30-6-5-26(22-47)32(21-30)42(44,45)46)7-9-34(25)59-16-15-51-13-14-52(41(24-51)11-12-41)23-36(56)49-29-19-27(43)18-28(20-29)48-33-8-10-35(55)50-37(33)57/h5-7,9,17-21,33,39,48,60H,4,8,10-16,23-24H2,1-3H3,(H,49,56)(H,50,55,57). The molecule has 18 heteroatoms. The molecule has 3 saturated heterocycles. The van der Waals surface area contributed by atoms with Crippen LogP contribution in [-0.4, -0.2) is 95.4 Å². The van der Waals surface area contributed by atoms with Crippen LogP contribution in [0.15, 0.2) is 54.6 Å². The number of piperidine rings is 1. The molecule has 2 unspecified atom stereocenters. The van der Waals surface area contributed by atoms with Gasteiger partial charge in [-0.25, -0.2) is 4.39 Å². The Balaban J connectivity index is 0.936. The van der Waals surface area contributed by atoms with Crippen molar-refractivity contribution in [1.82, 2.24) is 15.1 Å². The van der Waals surface area contributed by atoms with Crippen molar-refractivity contribution < 1.29 is 41.5 Å². The van der Waals surface area contributed by atoms with Crippen molar-refractivity contribution >= 4 is 59.0 Å². The highest BCUT2D eigenvalue weighted by atomic mass is 32.1. The van der Waals surface area contributed by atoms with Gasteiger partial charge < -0.3 is 20.3 Å². The summed E-state index contributed by atoms with van der Waals surface area (Å²) in [6.07, 6.45) is -1.86. The van der Waals surface area contributed by atoms with E-state index in [1.54, 1.807) is 36.9 Å². The van der Waals surface area contributed by atoms with Crippen LogP contribution in [-0.2, 0) is 31.8 Å². The van der Waals surface area contributed by atoms with Crippen molar-refractivity contribution in [2.24, 2.45) is 0 Å². The number of anilines is 4. The Morgan fingerprint density at radius 1 is 1.03 bits per heavy atom. The number of hydrogen-bond acceptors (Lipinski definition) is 11. The molecule has 3 aromatic rings. The summed E-state index contributed by atoms with van der Waals surface area (Å²) in [5, 5.41) is 17.3. The first-order valence-electron chi connectivity index (χ1n) is 19.8. The number of benzene rings is 3. The second kappa shape index (κ2) is 16.6. The number of amides is 4. The summed E-state index contributed by atoms with van der Waals surface area (Å²) in [5.74, 6) is -1.48. The van der Waals surface area contributed by atoms with Gasteiger partial charge in [0.2, 0.25) is 17.7 Å². The molecule has 13 nitrogen and oxygen atoms in total. The largest absolute Gasteiger partial charge is 0.492 e. The predicted molar refractivity (Wildman–Crippen MR) is 219 cm³/mol. The molecule has 1 aliphatic carbocycles. The van der Waals surface area contributed by atoms with Crippen LogP contribution >= 0.6 is 12.6 Å². The first-order valence-corrected chi connectivity index (χ1v) is 20.3. The van der Waals surface area contributed by atoms with Crippen LogP contribution in [0.25, 0.3) is 0 Å². The molecule has 4 fully saturated rings. The molecule has 1 spiro atoms. The first kappa shape index (κ1) is 42.7. The van der Waals surface area contributed by atoms with Crippen LogP contribution in [0.3, 0.4) is 0 Å². The van der Waals surface area contributed by atoms with E-state index in [0.29, 0.717) is 49.8 Å². The molecule has 0 aromatic heterocycles. The molecule has 3 aromatic carbocycles. The van der Waals surface area contributed by atoms with E-state index in [9.17, 15) is 42.0 Å². The van der Waals surface area contributed by atoms with E-state index in [-0.39, 0.29) is 48.1 Å². The second-order valence-corrected chi connectivity index (χ2v) is 16.6. The van der Waals surface area contributed by atoms with Gasteiger partial charge >= 0.3 is 6.18 Å². The average Bonchev–Trinajstić information content (AvgIpc) is 3.92. The van der Waals surface area contributed by atoms with Crippen molar-refractivity contribution in [2.45, 2.75) is 81.7 Å². The molecule has 3 heterocycles. The summed E-state index contributed by atoms with van der Waals surface area (Å²) in [7, 11) is 0. The topological polar surface area (TPSA) is 150 Å². The number of thiol groups is 1. The van der Waals surface area contributed by atoms with Gasteiger partial charge in [0.1, 0.15) is 29.8 Å². The summed E-state index contributed by atoms with van der Waals surface area (Å²) in [4.78, 5) is 58.0. The van der Waals surface area contributed by atoms with Crippen molar-refractivity contribution in [2.75, 3.05) is 59.8 Å². The number of halogens is 4. The summed E-state index contributed by atoms with van der Waals surface area (Å²) in [6.45, 7) is 8.64. The number of imide groups is 1. The average molecular weight is 851 g/mol. The molecule has 3 aliphatic heterocycles. The zero-order valence-electron chi connectivity index (χ0n) is 33.4. The summed E-state index contributed by atoms with van der Waals surface area (Å²) in [6, 6.07) is 13.6. The van der Waals surface area contributed by atoms with E-state index in [0.717, 1.165) is 37.1 Å². The number of ether oxygens (including phenoxy) is 1. The van der Waals surface area contributed by atoms with Crippen molar-refractivity contribution in [1.29, 1.82) is 5.26 Å². The molecular formula is C42H46F4N8O5S. The van der Waals surface area contributed by atoms with Crippen LogP contribution in [0.1, 0.15) is 63.1 Å². The number of nitrogens with zero attached hydrogens (tertiary/aromatic N) is 5. The molecular weight excluding hydrogens is 805 g/mol. The Kier molecular flexibility index (Phi) is 11.8.